The second-order valence-corrected chi connectivity index (χ2v) is 3.70. The lowest BCUT2D eigenvalue weighted by molar-refractivity contribution is 0.278. The van der Waals surface area contributed by atoms with Crippen molar-refractivity contribution in [2.24, 2.45) is 11.8 Å². The van der Waals surface area contributed by atoms with Crippen LogP contribution in [0.1, 0.15) is 46.5 Å². The van der Waals surface area contributed by atoms with Gasteiger partial charge in [0.15, 0.2) is 0 Å². The van der Waals surface area contributed by atoms with Gasteiger partial charge in [-0.25, -0.2) is 0 Å². The zero-order valence-electron chi connectivity index (χ0n) is 9.19. The molecule has 1 aliphatic carbocycles. The van der Waals surface area contributed by atoms with Gasteiger partial charge in [0.2, 0.25) is 0 Å². The molecule has 0 radical (unpaired) electrons. The van der Waals surface area contributed by atoms with Gasteiger partial charge in [-0.05, 0) is 38.3 Å². The lowest BCUT2D eigenvalue weighted by Gasteiger charge is -2.26. The first kappa shape index (κ1) is 12.0. The fourth-order valence-electron chi connectivity index (χ4n) is 2.03. The zero-order valence-corrected chi connectivity index (χ0v) is 9.19. The molecule has 1 saturated carbocycles. The molecule has 0 aromatic heterocycles. The summed E-state index contributed by atoms with van der Waals surface area (Å²) in [5.41, 5.74) is 0. The van der Waals surface area contributed by atoms with Crippen LogP contribution in [0.15, 0.2) is 0 Å². The Morgan fingerprint density at radius 1 is 1.25 bits per heavy atom. The van der Waals surface area contributed by atoms with E-state index in [9.17, 15) is 0 Å². The van der Waals surface area contributed by atoms with E-state index in [1.165, 1.54) is 32.2 Å². The average molecular weight is 171 g/mol. The number of rotatable bonds is 2. The highest BCUT2D eigenvalue weighted by molar-refractivity contribution is 4.71. The first-order valence-electron chi connectivity index (χ1n) is 5.47. The van der Waals surface area contributed by atoms with Gasteiger partial charge in [-0.15, -0.1) is 0 Å². The molecule has 0 heterocycles. The summed E-state index contributed by atoms with van der Waals surface area (Å²) in [5, 5.41) is 3.26. The van der Waals surface area contributed by atoms with Gasteiger partial charge < -0.3 is 5.32 Å². The second kappa shape index (κ2) is 7.60. The van der Waals surface area contributed by atoms with E-state index in [2.05, 4.69) is 19.3 Å². The van der Waals surface area contributed by atoms with Crippen LogP contribution >= 0.6 is 0 Å². The molecule has 0 aromatic rings. The molecule has 0 aliphatic heterocycles. The van der Waals surface area contributed by atoms with Crippen LogP contribution in [0.25, 0.3) is 0 Å². The van der Waals surface area contributed by atoms with E-state index < -0.39 is 0 Å². The van der Waals surface area contributed by atoms with Gasteiger partial charge in [-0.3, -0.25) is 0 Å². The standard InChI is InChI=1S/C9H19N.C2H6/c1-8-4-3-5-9(6-8)7-10-2;1-2/h8-10H,3-7H2,1-2H3;1-2H3. The van der Waals surface area contributed by atoms with Gasteiger partial charge in [0.25, 0.3) is 0 Å². The minimum Gasteiger partial charge on any atom is -0.319 e. The molecule has 0 amide bonds. The fraction of sp³-hybridized carbons (Fsp3) is 1.00. The van der Waals surface area contributed by atoms with Crippen LogP contribution in [0.4, 0.5) is 0 Å². The van der Waals surface area contributed by atoms with Crippen LogP contribution in [-0.4, -0.2) is 13.6 Å². The molecule has 2 unspecified atom stereocenters. The van der Waals surface area contributed by atoms with E-state index in [-0.39, 0.29) is 0 Å². The van der Waals surface area contributed by atoms with Gasteiger partial charge in [-0.2, -0.15) is 0 Å². The molecule has 2 atom stereocenters. The minimum absolute atomic E-state index is 0.966. The largest absolute Gasteiger partial charge is 0.319 e. The summed E-state index contributed by atoms with van der Waals surface area (Å²) in [4.78, 5) is 0. The van der Waals surface area contributed by atoms with E-state index in [4.69, 9.17) is 0 Å². The Hall–Kier alpha value is -0.0400. The van der Waals surface area contributed by atoms with Crippen LogP contribution < -0.4 is 5.32 Å². The van der Waals surface area contributed by atoms with Crippen molar-refractivity contribution in [3.8, 4) is 0 Å². The SMILES string of the molecule is CC.CNCC1CCCC(C)C1. The molecule has 1 heteroatoms. The van der Waals surface area contributed by atoms with E-state index in [1.807, 2.05) is 13.8 Å². The monoisotopic (exact) mass is 171 g/mol. The molecule has 1 rings (SSSR count). The highest BCUT2D eigenvalue weighted by Gasteiger charge is 2.17. The van der Waals surface area contributed by atoms with Gasteiger partial charge in [-0.1, -0.05) is 33.6 Å². The predicted molar refractivity (Wildman–Crippen MR) is 56.4 cm³/mol. The molecule has 1 nitrogen and oxygen atoms in total. The normalized spacial score (nSPS) is 29.0. The molecule has 1 N–H and O–H groups in total. The molecule has 0 aromatic carbocycles. The van der Waals surface area contributed by atoms with Crippen molar-refractivity contribution < 1.29 is 0 Å². The molecule has 1 fully saturated rings. The van der Waals surface area contributed by atoms with E-state index in [0.717, 1.165) is 11.8 Å². The Morgan fingerprint density at radius 3 is 2.42 bits per heavy atom. The van der Waals surface area contributed by atoms with E-state index in [0.29, 0.717) is 0 Å². The molecule has 0 bridgehead atoms. The van der Waals surface area contributed by atoms with Gasteiger partial charge >= 0.3 is 0 Å². The topological polar surface area (TPSA) is 12.0 Å². The van der Waals surface area contributed by atoms with Crippen molar-refractivity contribution in [3.05, 3.63) is 0 Å². The third kappa shape index (κ3) is 4.76. The Morgan fingerprint density at radius 2 is 1.92 bits per heavy atom. The Kier molecular flexibility index (Phi) is 7.58. The fourth-order valence-corrected chi connectivity index (χ4v) is 2.03. The maximum Gasteiger partial charge on any atom is -0.00234 e. The van der Waals surface area contributed by atoms with Crippen LogP contribution in [0.5, 0.6) is 0 Å². The highest BCUT2D eigenvalue weighted by atomic mass is 14.8. The Labute approximate surface area is 77.9 Å². The van der Waals surface area contributed by atoms with Crippen LogP contribution in [0.3, 0.4) is 0 Å². The van der Waals surface area contributed by atoms with Crippen molar-refractivity contribution >= 4 is 0 Å². The summed E-state index contributed by atoms with van der Waals surface area (Å²) < 4.78 is 0. The van der Waals surface area contributed by atoms with E-state index in [1.54, 1.807) is 0 Å². The summed E-state index contributed by atoms with van der Waals surface area (Å²) in [6.07, 6.45) is 5.81. The molecule has 0 saturated heterocycles. The maximum atomic E-state index is 3.26. The van der Waals surface area contributed by atoms with Crippen molar-refractivity contribution in [2.45, 2.75) is 46.5 Å². The smallest absolute Gasteiger partial charge is 0.00234 e. The molecule has 12 heavy (non-hydrogen) atoms. The van der Waals surface area contributed by atoms with Crippen molar-refractivity contribution in [2.75, 3.05) is 13.6 Å². The van der Waals surface area contributed by atoms with Crippen LogP contribution in [0.2, 0.25) is 0 Å². The van der Waals surface area contributed by atoms with Gasteiger partial charge in [0.1, 0.15) is 0 Å². The molecule has 1 aliphatic rings. The van der Waals surface area contributed by atoms with Crippen molar-refractivity contribution in [1.82, 2.24) is 5.32 Å². The Balaban J connectivity index is 0.000000561. The number of hydrogen-bond acceptors (Lipinski definition) is 1. The molecule has 0 spiro atoms. The van der Waals surface area contributed by atoms with Crippen LogP contribution in [0, 0.1) is 11.8 Å². The zero-order chi connectivity index (χ0) is 9.40. The minimum atomic E-state index is 0.966. The third-order valence-corrected chi connectivity index (χ3v) is 2.54. The predicted octanol–water partition coefficient (Wildman–Crippen LogP) is 3.06. The summed E-state index contributed by atoms with van der Waals surface area (Å²) in [7, 11) is 2.05. The van der Waals surface area contributed by atoms with Crippen LogP contribution in [-0.2, 0) is 0 Å². The summed E-state index contributed by atoms with van der Waals surface area (Å²) in [6.45, 7) is 7.60. The van der Waals surface area contributed by atoms with Crippen molar-refractivity contribution in [1.29, 1.82) is 0 Å². The van der Waals surface area contributed by atoms with Gasteiger partial charge in [0, 0.05) is 0 Å². The lowest BCUT2D eigenvalue weighted by atomic mass is 9.82. The maximum absolute atomic E-state index is 3.26. The average Bonchev–Trinajstić information content (AvgIpc) is 2.09. The summed E-state index contributed by atoms with van der Waals surface area (Å²) in [5.74, 6) is 1.95. The van der Waals surface area contributed by atoms with E-state index >= 15 is 0 Å². The molecular formula is C11H25N. The summed E-state index contributed by atoms with van der Waals surface area (Å²) >= 11 is 0. The highest BCUT2D eigenvalue weighted by Crippen LogP contribution is 2.27. The Bertz CT molecular complexity index is 89.0. The van der Waals surface area contributed by atoms with Gasteiger partial charge in [0.05, 0.1) is 0 Å². The third-order valence-electron chi connectivity index (χ3n) is 2.54. The second-order valence-electron chi connectivity index (χ2n) is 3.70. The molecular weight excluding hydrogens is 146 g/mol. The molecule has 74 valence electrons. The number of hydrogen-bond donors (Lipinski definition) is 1. The quantitative estimate of drug-likeness (QED) is 0.673. The first-order chi connectivity index (χ1) is 5.83. The first-order valence-corrected chi connectivity index (χ1v) is 5.47. The number of nitrogens with one attached hydrogen (secondary N) is 1. The lowest BCUT2D eigenvalue weighted by Crippen LogP contribution is -2.23. The van der Waals surface area contributed by atoms with Crippen molar-refractivity contribution in [3.63, 3.8) is 0 Å². The summed E-state index contributed by atoms with van der Waals surface area (Å²) in [6, 6.07) is 0.